The van der Waals surface area contributed by atoms with Crippen molar-refractivity contribution >= 4 is 39.3 Å². The summed E-state index contributed by atoms with van der Waals surface area (Å²) in [6, 6.07) is 7.05. The number of carbonyl (C=O) groups excluding carboxylic acids is 1. The highest BCUT2D eigenvalue weighted by Crippen LogP contribution is 2.36. The number of hydrogen-bond donors (Lipinski definition) is 1. The number of nitrogens with zero attached hydrogens (tertiary/aromatic N) is 2. The zero-order chi connectivity index (χ0) is 28.5. The second-order valence-electron chi connectivity index (χ2n) is 9.40. The smallest absolute Gasteiger partial charge is 0.404 e. The minimum atomic E-state index is -5.06. The average Bonchev–Trinajstić information content (AvgIpc) is 2.84. The van der Waals surface area contributed by atoms with Gasteiger partial charge < -0.3 is 19.7 Å². The molecule has 2 aliphatic heterocycles. The maximum atomic E-state index is 13.3. The molecule has 2 heterocycles. The summed E-state index contributed by atoms with van der Waals surface area (Å²) in [6.07, 6.45) is -1.73. The number of anilines is 1. The Balaban J connectivity index is 1.58. The third kappa shape index (κ3) is 6.83. The number of ether oxygens (including phenoxy) is 2. The Labute approximate surface area is 228 Å². The number of piperidine rings is 1. The molecule has 39 heavy (non-hydrogen) atoms. The minimum absolute atomic E-state index is 0.00225. The maximum Gasteiger partial charge on any atom is 0.573 e. The van der Waals surface area contributed by atoms with E-state index in [2.05, 4.69) is 10.1 Å². The number of benzene rings is 2. The van der Waals surface area contributed by atoms with Crippen molar-refractivity contribution in [3.05, 3.63) is 58.9 Å². The molecule has 0 spiro atoms. The van der Waals surface area contributed by atoms with E-state index < -0.39 is 33.1 Å². The molecule has 4 rings (SSSR count). The highest BCUT2D eigenvalue weighted by atomic mass is 35.5. The van der Waals surface area contributed by atoms with Crippen molar-refractivity contribution < 1.29 is 40.2 Å². The number of sulfonamides is 1. The van der Waals surface area contributed by atoms with Gasteiger partial charge in [-0.05, 0) is 60.9 Å². The highest BCUT2D eigenvalue weighted by Gasteiger charge is 2.41. The van der Waals surface area contributed by atoms with Crippen LogP contribution in [-0.4, -0.2) is 75.3 Å². The first-order chi connectivity index (χ1) is 18.2. The van der Waals surface area contributed by atoms with Crippen molar-refractivity contribution in [1.29, 1.82) is 0 Å². The van der Waals surface area contributed by atoms with Crippen LogP contribution in [0.15, 0.2) is 47.4 Å². The van der Waals surface area contributed by atoms with Crippen molar-refractivity contribution in [2.45, 2.75) is 42.2 Å². The summed E-state index contributed by atoms with van der Waals surface area (Å²) in [5.41, 5.74) is 0.546. The van der Waals surface area contributed by atoms with E-state index in [1.165, 1.54) is 26.2 Å². The lowest BCUT2D eigenvalue weighted by molar-refractivity contribution is -0.274. The summed E-state index contributed by atoms with van der Waals surface area (Å²) in [7, 11) is -1.62. The van der Waals surface area contributed by atoms with E-state index in [-0.39, 0.29) is 47.6 Å². The number of morpholine rings is 1. The fourth-order valence-corrected chi connectivity index (χ4v) is 6.08. The van der Waals surface area contributed by atoms with Crippen LogP contribution >= 0.6 is 11.6 Å². The first kappa shape index (κ1) is 29.1. The molecule has 2 saturated heterocycles. The van der Waals surface area contributed by atoms with E-state index >= 15 is 0 Å². The van der Waals surface area contributed by atoms with Crippen molar-refractivity contribution in [3.8, 4) is 5.75 Å². The van der Waals surface area contributed by atoms with Crippen LogP contribution in [0.3, 0.4) is 0 Å². The Hall–Kier alpha value is -2.87. The van der Waals surface area contributed by atoms with Crippen LogP contribution in [0.1, 0.15) is 18.4 Å². The van der Waals surface area contributed by atoms with Gasteiger partial charge in [0.1, 0.15) is 11.6 Å². The number of hydrogen-bond acceptors (Lipinski definition) is 6. The van der Waals surface area contributed by atoms with Gasteiger partial charge >= 0.3 is 6.36 Å². The van der Waals surface area contributed by atoms with Gasteiger partial charge in [-0.2, -0.15) is 0 Å². The number of nitrogens with one attached hydrogen (secondary N) is 1. The lowest BCUT2D eigenvalue weighted by Gasteiger charge is -2.48. The second-order valence-corrected chi connectivity index (χ2v) is 11.9. The standard InChI is InChI=1S/C25H26ClF4N3O5S/c1-32(2)39(35,36)23-12-21(26)22(38-25(28,29)30)9-15(23)3-8-24(34)33-19-10-18(11-20(33)14-37-13-19)31-17-6-4-16(27)5-7-17/h3-9,12,18-20,31H,10-11,13-14H2,1-2H3/t18?,19-,20+. The molecule has 8 nitrogen and oxygen atoms in total. The number of fused-ring (bicyclic) bond motifs is 2. The Bertz CT molecular complexity index is 1340. The van der Waals surface area contributed by atoms with Gasteiger partial charge in [-0.15, -0.1) is 13.2 Å². The molecule has 1 N–H and O–H groups in total. The molecule has 0 saturated carbocycles. The molecular formula is C25H26ClF4N3O5S. The quantitative estimate of drug-likeness (QED) is 0.377. The molecule has 2 aliphatic rings. The molecule has 1 unspecified atom stereocenters. The molecule has 2 aromatic carbocycles. The lowest BCUT2D eigenvalue weighted by Crippen LogP contribution is -2.60. The first-order valence-electron chi connectivity index (χ1n) is 11.9. The number of rotatable bonds is 7. The van der Waals surface area contributed by atoms with Gasteiger partial charge in [0.25, 0.3) is 0 Å². The van der Waals surface area contributed by atoms with Crippen LogP contribution in [0.2, 0.25) is 5.02 Å². The van der Waals surface area contributed by atoms with Gasteiger partial charge in [-0.1, -0.05) is 11.6 Å². The number of alkyl halides is 3. The molecule has 2 aromatic rings. The van der Waals surface area contributed by atoms with Crippen LogP contribution < -0.4 is 10.1 Å². The Morgan fingerprint density at radius 3 is 2.33 bits per heavy atom. The SMILES string of the molecule is CN(C)S(=O)(=O)c1cc(Cl)c(OC(F)(F)F)cc1C=CC(=O)N1[C@@H]2COC[C@H]1CC(Nc1ccc(F)cc1)C2. The Morgan fingerprint density at radius 2 is 1.77 bits per heavy atom. The third-order valence-electron chi connectivity index (χ3n) is 6.44. The van der Waals surface area contributed by atoms with E-state index in [9.17, 15) is 30.8 Å². The summed E-state index contributed by atoms with van der Waals surface area (Å²) < 4.78 is 88.0. The maximum absolute atomic E-state index is 13.3. The zero-order valence-corrected chi connectivity index (χ0v) is 22.5. The molecule has 2 bridgehead atoms. The molecular weight excluding hydrogens is 566 g/mol. The summed E-state index contributed by atoms with van der Waals surface area (Å²) >= 11 is 5.90. The zero-order valence-electron chi connectivity index (χ0n) is 20.9. The van der Waals surface area contributed by atoms with E-state index in [1.807, 2.05) is 0 Å². The fourth-order valence-electron chi connectivity index (χ4n) is 4.73. The first-order valence-corrected chi connectivity index (χ1v) is 13.7. The molecule has 0 aromatic heterocycles. The van der Waals surface area contributed by atoms with Crippen molar-refractivity contribution in [2.24, 2.45) is 0 Å². The highest BCUT2D eigenvalue weighted by molar-refractivity contribution is 7.89. The second kappa shape index (κ2) is 11.3. The van der Waals surface area contributed by atoms with Crippen LogP contribution in [-0.2, 0) is 19.6 Å². The average molecular weight is 592 g/mol. The predicted molar refractivity (Wildman–Crippen MR) is 136 cm³/mol. The molecule has 212 valence electrons. The largest absolute Gasteiger partial charge is 0.573 e. The van der Waals surface area contributed by atoms with Crippen LogP contribution in [0.25, 0.3) is 6.08 Å². The fraction of sp³-hybridized carbons (Fsp3) is 0.400. The lowest BCUT2D eigenvalue weighted by atomic mass is 9.89. The number of amides is 1. The van der Waals surface area contributed by atoms with Crippen LogP contribution in [0, 0.1) is 5.82 Å². The normalized spacial score (nSPS) is 21.8. The predicted octanol–water partition coefficient (Wildman–Crippen LogP) is 4.51. The van der Waals surface area contributed by atoms with Gasteiger partial charge in [-0.3, -0.25) is 4.79 Å². The third-order valence-corrected chi connectivity index (χ3v) is 8.61. The summed E-state index contributed by atoms with van der Waals surface area (Å²) in [4.78, 5) is 14.5. The molecule has 3 atom stereocenters. The van der Waals surface area contributed by atoms with Crippen molar-refractivity contribution in [2.75, 3.05) is 32.6 Å². The monoisotopic (exact) mass is 591 g/mol. The molecule has 14 heteroatoms. The minimum Gasteiger partial charge on any atom is -0.404 e. The molecule has 0 aliphatic carbocycles. The molecule has 1 amide bonds. The Kier molecular flexibility index (Phi) is 8.45. The topological polar surface area (TPSA) is 88.2 Å². The van der Waals surface area contributed by atoms with Crippen LogP contribution in [0.4, 0.5) is 23.2 Å². The number of carbonyl (C=O) groups is 1. The van der Waals surface area contributed by atoms with E-state index in [0.717, 1.165) is 34.3 Å². The molecule has 2 fully saturated rings. The van der Waals surface area contributed by atoms with Gasteiger partial charge in [-0.25, -0.2) is 17.1 Å². The van der Waals surface area contributed by atoms with Gasteiger partial charge in [0.2, 0.25) is 15.9 Å². The summed E-state index contributed by atoms with van der Waals surface area (Å²) in [5, 5.41) is 2.79. The summed E-state index contributed by atoms with van der Waals surface area (Å²) in [5.74, 6) is -1.60. The Morgan fingerprint density at radius 1 is 1.15 bits per heavy atom. The van der Waals surface area contributed by atoms with E-state index in [1.54, 1.807) is 17.0 Å². The number of halogens is 5. The molecule has 0 radical (unpaired) electrons. The van der Waals surface area contributed by atoms with Crippen LogP contribution in [0.5, 0.6) is 5.75 Å². The van der Waals surface area contributed by atoms with Crippen molar-refractivity contribution in [3.63, 3.8) is 0 Å². The summed E-state index contributed by atoms with van der Waals surface area (Å²) in [6.45, 7) is 0.560. The van der Waals surface area contributed by atoms with Gasteiger partial charge in [0, 0.05) is 31.9 Å². The van der Waals surface area contributed by atoms with Gasteiger partial charge in [0.05, 0.1) is 35.2 Å². The van der Waals surface area contributed by atoms with E-state index in [4.69, 9.17) is 16.3 Å². The van der Waals surface area contributed by atoms with Crippen molar-refractivity contribution in [1.82, 2.24) is 9.21 Å². The van der Waals surface area contributed by atoms with E-state index in [0.29, 0.717) is 12.8 Å². The van der Waals surface area contributed by atoms with Gasteiger partial charge in [0.15, 0.2) is 0 Å².